The maximum Gasteiger partial charge on any atom is 0.323 e. The van der Waals surface area contributed by atoms with Gasteiger partial charge in [-0.25, -0.2) is 18.2 Å². The van der Waals surface area contributed by atoms with E-state index in [4.69, 9.17) is 9.47 Å². The number of amides is 2. The molecule has 8 nitrogen and oxygen atoms in total. The van der Waals surface area contributed by atoms with Gasteiger partial charge in [0, 0.05) is 29.6 Å². The zero-order valence-electron chi connectivity index (χ0n) is 16.2. The number of anilines is 2. The largest absolute Gasteiger partial charge is 0.497 e. The second-order valence-electron chi connectivity index (χ2n) is 6.16. The van der Waals surface area contributed by atoms with Crippen LogP contribution in [0.15, 0.2) is 40.7 Å². The summed E-state index contributed by atoms with van der Waals surface area (Å²) < 4.78 is 35.6. The molecule has 0 bridgehead atoms. The Morgan fingerprint density at radius 2 is 1.69 bits per heavy atom. The molecule has 1 aromatic heterocycles. The van der Waals surface area contributed by atoms with Crippen molar-refractivity contribution in [3.63, 3.8) is 0 Å². The summed E-state index contributed by atoms with van der Waals surface area (Å²) in [5.74, 6) is 1.16. The maximum absolute atomic E-state index is 12.4. The monoisotopic (exact) mass is 435 g/mol. The molecule has 3 aromatic rings. The predicted octanol–water partition coefficient (Wildman–Crippen LogP) is 4.14. The lowest BCUT2D eigenvalue weighted by Gasteiger charge is -2.11. The van der Waals surface area contributed by atoms with E-state index in [1.54, 1.807) is 36.4 Å². The van der Waals surface area contributed by atoms with Crippen LogP contribution in [0, 0.1) is 0 Å². The minimum Gasteiger partial charge on any atom is -0.497 e. The topological polar surface area (TPSA) is 107 Å². The number of methoxy groups -OCH3 is 2. The summed E-state index contributed by atoms with van der Waals surface area (Å²) in [6.45, 7) is 1.81. The highest BCUT2D eigenvalue weighted by atomic mass is 32.2. The fraction of sp³-hybridized carbons (Fsp3) is 0.263. The van der Waals surface area contributed by atoms with Crippen LogP contribution >= 0.6 is 11.3 Å². The number of nitrogens with one attached hydrogen (secondary N) is 2. The number of ether oxygens (including phenoxy) is 2. The molecule has 0 aliphatic heterocycles. The lowest BCUT2D eigenvalue weighted by molar-refractivity contribution is 0.262. The minimum absolute atomic E-state index is 0.0599. The third-order valence-corrected chi connectivity index (χ3v) is 7.37. The molecule has 0 atom stereocenters. The molecule has 0 saturated carbocycles. The molecule has 29 heavy (non-hydrogen) atoms. The summed E-state index contributed by atoms with van der Waals surface area (Å²) in [4.78, 5) is 16.6. The predicted molar refractivity (Wildman–Crippen MR) is 114 cm³/mol. The van der Waals surface area contributed by atoms with Crippen molar-refractivity contribution in [2.45, 2.75) is 17.7 Å². The fourth-order valence-corrected chi connectivity index (χ4v) is 5.36. The van der Waals surface area contributed by atoms with Gasteiger partial charge in [-0.3, -0.25) is 0 Å². The van der Waals surface area contributed by atoms with E-state index < -0.39 is 15.9 Å². The number of sulfone groups is 1. The summed E-state index contributed by atoms with van der Waals surface area (Å²) in [6, 6.07) is 9.63. The van der Waals surface area contributed by atoms with Crippen LogP contribution in [0.5, 0.6) is 11.5 Å². The van der Waals surface area contributed by atoms with E-state index in [9.17, 15) is 13.2 Å². The van der Waals surface area contributed by atoms with Crippen molar-refractivity contribution in [3.8, 4) is 11.5 Å². The van der Waals surface area contributed by atoms with Gasteiger partial charge in [0.05, 0.1) is 30.2 Å². The molecule has 2 N–H and O–H groups in total. The van der Waals surface area contributed by atoms with E-state index >= 15 is 0 Å². The van der Waals surface area contributed by atoms with Crippen molar-refractivity contribution in [3.05, 3.63) is 36.4 Å². The zero-order valence-corrected chi connectivity index (χ0v) is 17.8. The van der Waals surface area contributed by atoms with E-state index in [1.165, 1.54) is 14.2 Å². The summed E-state index contributed by atoms with van der Waals surface area (Å²) >= 11 is 1.10. The number of thiazole rings is 1. The average Bonchev–Trinajstić information content (AvgIpc) is 3.12. The van der Waals surface area contributed by atoms with Gasteiger partial charge in [-0.2, -0.15) is 0 Å². The Balaban J connectivity index is 1.77. The molecule has 0 spiro atoms. The molecule has 2 aromatic carbocycles. The van der Waals surface area contributed by atoms with Crippen molar-refractivity contribution in [2.24, 2.45) is 0 Å². The first-order valence-corrected chi connectivity index (χ1v) is 11.3. The minimum atomic E-state index is -3.38. The smallest absolute Gasteiger partial charge is 0.323 e. The highest BCUT2D eigenvalue weighted by molar-refractivity contribution is 7.93. The molecule has 154 valence electrons. The average molecular weight is 436 g/mol. The molecular weight excluding hydrogens is 414 g/mol. The number of benzene rings is 2. The van der Waals surface area contributed by atoms with E-state index in [1.807, 2.05) is 6.92 Å². The lowest BCUT2D eigenvalue weighted by Crippen LogP contribution is -2.19. The van der Waals surface area contributed by atoms with Gasteiger partial charge in [-0.05, 0) is 24.6 Å². The first-order chi connectivity index (χ1) is 13.8. The third-order valence-electron chi connectivity index (χ3n) is 3.97. The fourth-order valence-electron chi connectivity index (χ4n) is 2.64. The van der Waals surface area contributed by atoms with Gasteiger partial charge in [0.2, 0.25) is 14.2 Å². The number of hydrogen-bond acceptors (Lipinski definition) is 7. The second kappa shape index (κ2) is 8.66. The number of aromatic nitrogens is 1. The SMILES string of the molecule is CCCS(=O)(=O)c1nc2ccc(NC(=O)Nc3cc(OC)cc(OC)c3)cc2s1. The van der Waals surface area contributed by atoms with Crippen LogP contribution in [-0.2, 0) is 9.84 Å². The van der Waals surface area contributed by atoms with Gasteiger partial charge < -0.3 is 20.1 Å². The van der Waals surface area contributed by atoms with Crippen molar-refractivity contribution in [2.75, 3.05) is 30.6 Å². The molecular formula is C19H21N3O5S2. The maximum atomic E-state index is 12.4. The Morgan fingerprint density at radius 3 is 2.31 bits per heavy atom. The van der Waals surface area contributed by atoms with Crippen LogP contribution in [0.25, 0.3) is 10.2 Å². The number of hydrogen-bond donors (Lipinski definition) is 2. The summed E-state index contributed by atoms with van der Waals surface area (Å²) in [6.07, 6.45) is 0.528. The van der Waals surface area contributed by atoms with E-state index in [2.05, 4.69) is 15.6 Å². The highest BCUT2D eigenvalue weighted by Crippen LogP contribution is 2.29. The van der Waals surface area contributed by atoms with Crippen LogP contribution in [-0.4, -0.2) is 39.4 Å². The Morgan fingerprint density at radius 1 is 1.03 bits per heavy atom. The van der Waals surface area contributed by atoms with Gasteiger partial charge in [-0.1, -0.05) is 6.92 Å². The van der Waals surface area contributed by atoms with Crippen LogP contribution < -0.4 is 20.1 Å². The first-order valence-electron chi connectivity index (χ1n) is 8.79. The molecule has 1 heterocycles. The van der Waals surface area contributed by atoms with Crippen LogP contribution in [0.1, 0.15) is 13.3 Å². The van der Waals surface area contributed by atoms with Crippen molar-refractivity contribution in [1.82, 2.24) is 4.98 Å². The Bertz CT molecular complexity index is 1120. The van der Waals surface area contributed by atoms with Gasteiger partial charge in [-0.15, -0.1) is 11.3 Å². The molecule has 0 aliphatic rings. The number of carbonyl (C=O) groups excluding carboxylic acids is 1. The van der Waals surface area contributed by atoms with Crippen molar-refractivity contribution in [1.29, 1.82) is 0 Å². The van der Waals surface area contributed by atoms with Crippen molar-refractivity contribution >= 4 is 48.8 Å². The number of urea groups is 1. The van der Waals surface area contributed by atoms with E-state index in [0.29, 0.717) is 39.5 Å². The normalized spacial score (nSPS) is 11.3. The molecule has 0 unspecified atom stereocenters. The van der Waals surface area contributed by atoms with Crippen LogP contribution in [0.2, 0.25) is 0 Å². The molecule has 0 fully saturated rings. The molecule has 0 saturated heterocycles. The third kappa shape index (κ3) is 4.96. The number of nitrogens with zero attached hydrogens (tertiary/aromatic N) is 1. The molecule has 3 rings (SSSR count). The summed E-state index contributed by atoms with van der Waals surface area (Å²) in [5.41, 5.74) is 1.60. The first kappa shape index (κ1) is 20.9. The van der Waals surface area contributed by atoms with E-state index in [0.717, 1.165) is 11.3 Å². The van der Waals surface area contributed by atoms with Crippen molar-refractivity contribution < 1.29 is 22.7 Å². The number of rotatable bonds is 7. The van der Waals surface area contributed by atoms with Gasteiger partial charge >= 0.3 is 6.03 Å². The Labute approximate surface area is 172 Å². The molecule has 10 heteroatoms. The van der Waals surface area contributed by atoms with Crippen LogP contribution in [0.4, 0.5) is 16.2 Å². The highest BCUT2D eigenvalue weighted by Gasteiger charge is 2.19. The molecule has 2 amide bonds. The van der Waals surface area contributed by atoms with Gasteiger partial charge in [0.25, 0.3) is 0 Å². The number of fused-ring (bicyclic) bond motifs is 1. The number of carbonyl (C=O) groups is 1. The molecule has 0 aliphatic carbocycles. The standard InChI is InChI=1S/C19H21N3O5S2/c1-4-7-29(24,25)19-22-16-6-5-12(10-17(16)28-19)20-18(23)21-13-8-14(26-2)11-15(9-13)27-3/h5-6,8-11H,4,7H2,1-3H3,(H2,20,21,23). The Hall–Kier alpha value is -2.85. The lowest BCUT2D eigenvalue weighted by atomic mass is 10.2. The van der Waals surface area contributed by atoms with E-state index in [-0.39, 0.29) is 10.1 Å². The quantitative estimate of drug-likeness (QED) is 0.578. The Kier molecular flexibility index (Phi) is 6.23. The second-order valence-corrected chi connectivity index (χ2v) is 9.48. The van der Waals surface area contributed by atoms with Crippen LogP contribution in [0.3, 0.4) is 0 Å². The van der Waals surface area contributed by atoms with Gasteiger partial charge in [0.15, 0.2) is 0 Å². The molecule has 0 radical (unpaired) electrons. The summed E-state index contributed by atoms with van der Waals surface area (Å²) in [5, 5.41) is 5.44. The zero-order chi connectivity index (χ0) is 21.0. The summed E-state index contributed by atoms with van der Waals surface area (Å²) in [7, 11) is -0.327. The van der Waals surface area contributed by atoms with Gasteiger partial charge in [0.1, 0.15) is 11.5 Å².